The van der Waals surface area contributed by atoms with Crippen LogP contribution in [0.5, 0.6) is 5.75 Å². The summed E-state index contributed by atoms with van der Waals surface area (Å²) in [6.45, 7) is 2.72. The quantitative estimate of drug-likeness (QED) is 0.421. The molecule has 14 heavy (non-hydrogen) atoms. The maximum absolute atomic E-state index is 5.98. The SMILES string of the molecule is Cc1cc(OCCCBr)c(I)cc1Cl. The fraction of sp³-hybridized carbons (Fsp3) is 0.400. The largest absolute Gasteiger partial charge is 0.492 e. The zero-order chi connectivity index (χ0) is 10.6. The Hall–Kier alpha value is 0.520. The first kappa shape index (κ1) is 12.6. The summed E-state index contributed by atoms with van der Waals surface area (Å²) in [5.41, 5.74) is 1.06. The molecule has 0 unspecified atom stereocenters. The Balaban J connectivity index is 2.72. The van der Waals surface area contributed by atoms with E-state index < -0.39 is 0 Å². The molecular weight excluding hydrogens is 378 g/mol. The van der Waals surface area contributed by atoms with Crippen LogP contribution in [0.2, 0.25) is 5.02 Å². The first-order valence-corrected chi connectivity index (χ1v) is 6.87. The molecule has 1 nitrogen and oxygen atoms in total. The highest BCUT2D eigenvalue weighted by Crippen LogP contribution is 2.27. The number of hydrogen-bond donors (Lipinski definition) is 0. The van der Waals surface area contributed by atoms with Gasteiger partial charge in [0.15, 0.2) is 0 Å². The van der Waals surface area contributed by atoms with Crippen LogP contribution in [0.4, 0.5) is 0 Å². The molecule has 4 heteroatoms. The molecule has 0 spiro atoms. The average Bonchev–Trinajstić information content (AvgIpc) is 2.14. The lowest BCUT2D eigenvalue weighted by Crippen LogP contribution is -1.99. The highest BCUT2D eigenvalue weighted by atomic mass is 127. The summed E-state index contributed by atoms with van der Waals surface area (Å²) < 4.78 is 6.68. The Morgan fingerprint density at radius 3 is 2.86 bits per heavy atom. The summed E-state index contributed by atoms with van der Waals surface area (Å²) in [7, 11) is 0. The molecule has 0 atom stereocenters. The minimum absolute atomic E-state index is 0.738. The van der Waals surface area contributed by atoms with Crippen LogP contribution in [0.3, 0.4) is 0 Å². The van der Waals surface area contributed by atoms with E-state index in [1.165, 1.54) is 0 Å². The van der Waals surface area contributed by atoms with Gasteiger partial charge in [0.1, 0.15) is 5.75 Å². The van der Waals surface area contributed by atoms with Crippen molar-refractivity contribution in [3.63, 3.8) is 0 Å². The van der Waals surface area contributed by atoms with Crippen molar-refractivity contribution >= 4 is 50.1 Å². The van der Waals surface area contributed by atoms with Gasteiger partial charge in [-0.2, -0.15) is 0 Å². The number of aryl methyl sites for hydroxylation is 1. The van der Waals surface area contributed by atoms with E-state index in [0.717, 1.165) is 38.3 Å². The highest BCUT2D eigenvalue weighted by Gasteiger charge is 2.04. The third kappa shape index (κ3) is 3.59. The van der Waals surface area contributed by atoms with Crippen molar-refractivity contribution in [1.82, 2.24) is 0 Å². The molecular formula is C10H11BrClIO. The summed E-state index contributed by atoms with van der Waals surface area (Å²) in [4.78, 5) is 0. The molecule has 0 N–H and O–H groups in total. The number of rotatable bonds is 4. The Morgan fingerprint density at radius 2 is 2.21 bits per heavy atom. The summed E-state index contributed by atoms with van der Waals surface area (Å²) in [6.07, 6.45) is 1.01. The predicted octanol–water partition coefficient (Wildman–Crippen LogP) is 4.42. The van der Waals surface area contributed by atoms with Crippen molar-refractivity contribution in [3.8, 4) is 5.75 Å². The Labute approximate surface area is 111 Å². The molecule has 78 valence electrons. The van der Waals surface area contributed by atoms with Gasteiger partial charge in [-0.25, -0.2) is 0 Å². The third-order valence-electron chi connectivity index (χ3n) is 1.75. The molecule has 0 fully saturated rings. The smallest absolute Gasteiger partial charge is 0.132 e. The first-order chi connectivity index (χ1) is 6.65. The van der Waals surface area contributed by atoms with Crippen LogP contribution in [-0.2, 0) is 0 Å². The molecule has 0 bridgehead atoms. The van der Waals surface area contributed by atoms with Crippen molar-refractivity contribution in [2.75, 3.05) is 11.9 Å². The van der Waals surface area contributed by atoms with Crippen LogP contribution in [0, 0.1) is 10.5 Å². The molecule has 0 radical (unpaired) electrons. The van der Waals surface area contributed by atoms with Gasteiger partial charge in [0, 0.05) is 10.4 Å². The first-order valence-electron chi connectivity index (χ1n) is 4.29. The van der Waals surface area contributed by atoms with E-state index in [-0.39, 0.29) is 0 Å². The number of halogens is 3. The van der Waals surface area contributed by atoms with Crippen LogP contribution in [-0.4, -0.2) is 11.9 Å². The zero-order valence-electron chi connectivity index (χ0n) is 7.82. The molecule has 1 rings (SSSR count). The normalized spacial score (nSPS) is 10.3. The molecule has 0 aromatic heterocycles. The van der Waals surface area contributed by atoms with Gasteiger partial charge >= 0.3 is 0 Å². The molecule has 0 heterocycles. The van der Waals surface area contributed by atoms with Gasteiger partial charge < -0.3 is 4.74 Å². The summed E-state index contributed by atoms with van der Waals surface area (Å²) in [5.74, 6) is 0.924. The van der Waals surface area contributed by atoms with E-state index in [1.807, 2.05) is 19.1 Å². The number of hydrogen-bond acceptors (Lipinski definition) is 1. The van der Waals surface area contributed by atoms with Gasteiger partial charge in [-0.15, -0.1) is 0 Å². The van der Waals surface area contributed by atoms with Gasteiger partial charge in [-0.05, 0) is 53.6 Å². The van der Waals surface area contributed by atoms with Crippen LogP contribution in [0.1, 0.15) is 12.0 Å². The second-order valence-electron chi connectivity index (χ2n) is 2.92. The number of benzene rings is 1. The second-order valence-corrected chi connectivity index (χ2v) is 5.29. The summed E-state index contributed by atoms with van der Waals surface area (Å²) in [5, 5.41) is 1.76. The standard InChI is InChI=1S/C10H11BrClIO/c1-7-5-10(14-4-2-3-11)9(13)6-8(7)12/h5-6H,2-4H2,1H3. The minimum atomic E-state index is 0.738. The maximum Gasteiger partial charge on any atom is 0.132 e. The van der Waals surface area contributed by atoms with Gasteiger partial charge in [-0.3, -0.25) is 0 Å². The highest BCUT2D eigenvalue weighted by molar-refractivity contribution is 14.1. The topological polar surface area (TPSA) is 9.23 Å². The fourth-order valence-electron chi connectivity index (χ4n) is 0.978. The van der Waals surface area contributed by atoms with E-state index in [0.29, 0.717) is 0 Å². The third-order valence-corrected chi connectivity index (χ3v) is 3.56. The molecule has 0 aliphatic heterocycles. The van der Waals surface area contributed by atoms with Crippen LogP contribution in [0.15, 0.2) is 12.1 Å². The fourth-order valence-corrected chi connectivity index (χ4v) is 2.18. The monoisotopic (exact) mass is 388 g/mol. The molecule has 0 aliphatic rings. The van der Waals surface area contributed by atoms with E-state index in [1.54, 1.807) is 0 Å². The summed E-state index contributed by atoms with van der Waals surface area (Å²) >= 11 is 11.6. The lowest BCUT2D eigenvalue weighted by atomic mass is 10.2. The van der Waals surface area contributed by atoms with Crippen molar-refractivity contribution in [1.29, 1.82) is 0 Å². The lowest BCUT2D eigenvalue weighted by molar-refractivity contribution is 0.316. The summed E-state index contributed by atoms with van der Waals surface area (Å²) in [6, 6.07) is 3.92. The molecule has 1 aromatic rings. The van der Waals surface area contributed by atoms with E-state index in [9.17, 15) is 0 Å². The predicted molar refractivity (Wildman–Crippen MR) is 72.8 cm³/mol. The Kier molecular flexibility index (Phi) is 5.56. The van der Waals surface area contributed by atoms with Crippen LogP contribution < -0.4 is 4.74 Å². The molecule has 0 amide bonds. The van der Waals surface area contributed by atoms with E-state index in [2.05, 4.69) is 38.5 Å². The van der Waals surface area contributed by atoms with Crippen molar-refractivity contribution in [3.05, 3.63) is 26.3 Å². The van der Waals surface area contributed by atoms with E-state index >= 15 is 0 Å². The van der Waals surface area contributed by atoms with Crippen molar-refractivity contribution < 1.29 is 4.74 Å². The van der Waals surface area contributed by atoms with Gasteiger partial charge in [0.2, 0.25) is 0 Å². The Bertz CT molecular complexity index is 317. The van der Waals surface area contributed by atoms with Crippen molar-refractivity contribution in [2.24, 2.45) is 0 Å². The molecule has 0 saturated carbocycles. The van der Waals surface area contributed by atoms with Crippen LogP contribution in [0.25, 0.3) is 0 Å². The Morgan fingerprint density at radius 1 is 1.50 bits per heavy atom. The maximum atomic E-state index is 5.98. The zero-order valence-corrected chi connectivity index (χ0v) is 12.3. The van der Waals surface area contributed by atoms with E-state index in [4.69, 9.17) is 16.3 Å². The van der Waals surface area contributed by atoms with Gasteiger partial charge in [0.25, 0.3) is 0 Å². The molecule has 0 saturated heterocycles. The molecule has 1 aromatic carbocycles. The number of ether oxygens (including phenoxy) is 1. The van der Waals surface area contributed by atoms with Gasteiger partial charge in [-0.1, -0.05) is 27.5 Å². The second kappa shape index (κ2) is 6.18. The van der Waals surface area contributed by atoms with Crippen molar-refractivity contribution in [2.45, 2.75) is 13.3 Å². The average molecular weight is 389 g/mol. The van der Waals surface area contributed by atoms with Crippen LogP contribution >= 0.6 is 50.1 Å². The lowest BCUT2D eigenvalue weighted by Gasteiger charge is -2.09. The minimum Gasteiger partial charge on any atom is -0.492 e. The van der Waals surface area contributed by atoms with Gasteiger partial charge in [0.05, 0.1) is 10.2 Å². The molecule has 0 aliphatic carbocycles. The number of alkyl halides is 1.